The minimum Gasteiger partial charge on any atom is -0.380 e. The second kappa shape index (κ2) is 5.65. The highest BCUT2D eigenvalue weighted by atomic mass is 15.2. The minimum absolute atomic E-state index is 0.638. The van der Waals surface area contributed by atoms with E-state index >= 15 is 0 Å². The normalized spacial score (nSPS) is 26.4. The average Bonchev–Trinajstić information content (AvgIpc) is 2.84. The molecule has 2 aliphatic rings. The van der Waals surface area contributed by atoms with Crippen molar-refractivity contribution in [3.63, 3.8) is 0 Å². The van der Waals surface area contributed by atoms with Crippen LogP contribution in [0, 0.1) is 6.92 Å². The first-order valence-electron chi connectivity index (χ1n) is 7.94. The van der Waals surface area contributed by atoms with Crippen molar-refractivity contribution < 1.29 is 0 Å². The number of nitrogens with one attached hydrogen (secondary N) is 1. The zero-order valence-corrected chi connectivity index (χ0v) is 13.0. The van der Waals surface area contributed by atoms with Crippen LogP contribution in [-0.4, -0.2) is 44.2 Å². The molecule has 2 fully saturated rings. The van der Waals surface area contributed by atoms with Gasteiger partial charge >= 0.3 is 0 Å². The second-order valence-electron chi connectivity index (χ2n) is 6.53. The molecule has 3 rings (SSSR count). The molecule has 0 saturated carbocycles. The Balaban J connectivity index is 1.71. The van der Waals surface area contributed by atoms with Gasteiger partial charge in [-0.1, -0.05) is 6.42 Å². The lowest BCUT2D eigenvalue weighted by Crippen LogP contribution is -2.41. The van der Waals surface area contributed by atoms with E-state index in [0.29, 0.717) is 6.04 Å². The quantitative estimate of drug-likeness (QED) is 0.913. The molecule has 1 aromatic rings. The van der Waals surface area contributed by atoms with Crippen molar-refractivity contribution in [1.29, 1.82) is 0 Å². The van der Waals surface area contributed by atoms with Gasteiger partial charge in [-0.2, -0.15) is 0 Å². The topological polar surface area (TPSA) is 18.5 Å². The Labute approximate surface area is 123 Å². The molecule has 110 valence electrons. The number of hydrogen-bond donors (Lipinski definition) is 1. The van der Waals surface area contributed by atoms with Gasteiger partial charge in [-0.15, -0.1) is 0 Å². The molecule has 3 nitrogen and oxygen atoms in total. The van der Waals surface area contributed by atoms with E-state index in [0.717, 1.165) is 6.04 Å². The van der Waals surface area contributed by atoms with Crippen molar-refractivity contribution >= 4 is 11.4 Å². The van der Waals surface area contributed by atoms with Crippen molar-refractivity contribution in [2.45, 2.75) is 44.7 Å². The monoisotopic (exact) mass is 273 g/mol. The fourth-order valence-corrected chi connectivity index (χ4v) is 3.70. The van der Waals surface area contributed by atoms with Gasteiger partial charge in [0, 0.05) is 44.1 Å². The molecule has 2 atom stereocenters. The summed E-state index contributed by atoms with van der Waals surface area (Å²) < 4.78 is 0. The van der Waals surface area contributed by atoms with Gasteiger partial charge in [-0.05, 0) is 56.5 Å². The second-order valence-corrected chi connectivity index (χ2v) is 6.53. The van der Waals surface area contributed by atoms with Crippen LogP contribution in [0.4, 0.5) is 11.4 Å². The molecule has 2 heterocycles. The van der Waals surface area contributed by atoms with Crippen LogP contribution in [0.15, 0.2) is 18.2 Å². The number of aryl methyl sites for hydroxylation is 1. The highest BCUT2D eigenvalue weighted by Gasteiger charge is 2.35. The molecular weight excluding hydrogens is 246 g/mol. The average molecular weight is 273 g/mol. The molecule has 0 amide bonds. The molecule has 2 unspecified atom stereocenters. The lowest BCUT2D eigenvalue weighted by molar-refractivity contribution is 0.193. The van der Waals surface area contributed by atoms with E-state index in [1.54, 1.807) is 0 Å². The van der Waals surface area contributed by atoms with Crippen molar-refractivity contribution in [2.75, 3.05) is 37.4 Å². The van der Waals surface area contributed by atoms with E-state index in [-0.39, 0.29) is 0 Å². The summed E-state index contributed by atoms with van der Waals surface area (Å²) in [5.41, 5.74) is 3.94. The van der Waals surface area contributed by atoms with E-state index < -0.39 is 0 Å². The van der Waals surface area contributed by atoms with Crippen LogP contribution < -0.4 is 10.2 Å². The zero-order valence-electron chi connectivity index (χ0n) is 13.0. The maximum atomic E-state index is 3.81. The zero-order chi connectivity index (χ0) is 14.1. The Kier molecular flexibility index (Phi) is 3.88. The van der Waals surface area contributed by atoms with Crippen molar-refractivity contribution in [1.82, 2.24) is 4.90 Å². The number of fused-ring (bicyclic) bond motifs is 1. The minimum atomic E-state index is 0.638. The largest absolute Gasteiger partial charge is 0.380 e. The molecular formula is C17H27N3. The van der Waals surface area contributed by atoms with Gasteiger partial charge in [-0.3, -0.25) is 4.90 Å². The Bertz CT molecular complexity index is 469. The van der Waals surface area contributed by atoms with Crippen molar-refractivity contribution in [3.05, 3.63) is 23.8 Å². The maximum Gasteiger partial charge on any atom is 0.0429 e. The van der Waals surface area contributed by atoms with Crippen molar-refractivity contribution in [3.8, 4) is 0 Å². The molecule has 0 radical (unpaired) electrons. The lowest BCUT2D eigenvalue weighted by Gasteiger charge is -2.33. The van der Waals surface area contributed by atoms with Gasteiger partial charge in [0.2, 0.25) is 0 Å². The van der Waals surface area contributed by atoms with Gasteiger partial charge in [0.1, 0.15) is 0 Å². The molecule has 2 saturated heterocycles. The molecule has 0 aliphatic carbocycles. The summed E-state index contributed by atoms with van der Waals surface area (Å²) in [7, 11) is 4.19. The third-order valence-electron chi connectivity index (χ3n) is 4.92. The summed E-state index contributed by atoms with van der Waals surface area (Å²) in [6.45, 7) is 4.79. The molecule has 1 N–H and O–H groups in total. The first-order valence-corrected chi connectivity index (χ1v) is 7.94. The number of nitrogens with zero attached hydrogens (tertiary/aromatic N) is 2. The Morgan fingerprint density at radius 3 is 2.75 bits per heavy atom. The van der Waals surface area contributed by atoms with E-state index in [9.17, 15) is 0 Å². The standard InChI is InChI=1S/C17H27N3/c1-13-12-14(19(2)3)7-8-15(13)18-16-9-11-20-10-5-4-6-17(16)20/h7-8,12,16-18H,4-6,9-11H2,1-3H3. The number of rotatable bonds is 3. The van der Waals surface area contributed by atoms with E-state index in [2.05, 4.69) is 54.3 Å². The first-order chi connectivity index (χ1) is 9.65. The summed E-state index contributed by atoms with van der Waals surface area (Å²) in [5, 5.41) is 3.81. The van der Waals surface area contributed by atoms with Crippen LogP contribution in [0.5, 0.6) is 0 Å². The van der Waals surface area contributed by atoms with Crippen LogP contribution in [-0.2, 0) is 0 Å². The highest BCUT2D eigenvalue weighted by molar-refractivity contribution is 5.60. The van der Waals surface area contributed by atoms with Gasteiger partial charge in [0.15, 0.2) is 0 Å². The van der Waals surface area contributed by atoms with E-state index in [4.69, 9.17) is 0 Å². The predicted octanol–water partition coefficient (Wildman–Crippen LogP) is 3.10. The fraction of sp³-hybridized carbons (Fsp3) is 0.647. The summed E-state index contributed by atoms with van der Waals surface area (Å²) in [6.07, 6.45) is 5.45. The molecule has 1 aromatic carbocycles. The number of benzene rings is 1. The predicted molar refractivity (Wildman–Crippen MR) is 86.7 cm³/mol. The fourth-order valence-electron chi connectivity index (χ4n) is 3.70. The summed E-state index contributed by atoms with van der Waals surface area (Å²) >= 11 is 0. The molecule has 0 bridgehead atoms. The molecule has 0 aromatic heterocycles. The van der Waals surface area contributed by atoms with Gasteiger partial charge in [-0.25, -0.2) is 0 Å². The molecule has 20 heavy (non-hydrogen) atoms. The van der Waals surface area contributed by atoms with E-state index in [1.165, 1.54) is 55.7 Å². The van der Waals surface area contributed by atoms with Crippen LogP contribution in [0.25, 0.3) is 0 Å². The third kappa shape index (κ3) is 2.64. The highest BCUT2D eigenvalue weighted by Crippen LogP contribution is 2.31. The lowest BCUT2D eigenvalue weighted by atomic mass is 9.98. The number of piperidine rings is 1. The number of anilines is 2. The van der Waals surface area contributed by atoms with Crippen LogP contribution >= 0.6 is 0 Å². The first kappa shape index (κ1) is 13.7. The number of hydrogen-bond acceptors (Lipinski definition) is 3. The van der Waals surface area contributed by atoms with Gasteiger partial charge < -0.3 is 10.2 Å². The van der Waals surface area contributed by atoms with Crippen LogP contribution in [0.2, 0.25) is 0 Å². The summed E-state index contributed by atoms with van der Waals surface area (Å²) in [6, 6.07) is 8.13. The third-order valence-corrected chi connectivity index (χ3v) is 4.92. The SMILES string of the molecule is Cc1cc(N(C)C)ccc1NC1CCN2CCCCC12. The maximum absolute atomic E-state index is 3.81. The van der Waals surface area contributed by atoms with Crippen LogP contribution in [0.3, 0.4) is 0 Å². The Morgan fingerprint density at radius 2 is 2.00 bits per heavy atom. The van der Waals surface area contributed by atoms with E-state index in [1.807, 2.05) is 0 Å². The summed E-state index contributed by atoms with van der Waals surface area (Å²) in [4.78, 5) is 4.85. The van der Waals surface area contributed by atoms with Crippen LogP contribution in [0.1, 0.15) is 31.2 Å². The van der Waals surface area contributed by atoms with Gasteiger partial charge in [0.25, 0.3) is 0 Å². The van der Waals surface area contributed by atoms with Gasteiger partial charge in [0.05, 0.1) is 0 Å². The summed E-state index contributed by atoms with van der Waals surface area (Å²) in [5.74, 6) is 0. The Hall–Kier alpha value is -1.22. The smallest absolute Gasteiger partial charge is 0.0429 e. The molecule has 0 spiro atoms. The van der Waals surface area contributed by atoms with Crippen molar-refractivity contribution in [2.24, 2.45) is 0 Å². The molecule has 3 heteroatoms. The molecule has 2 aliphatic heterocycles. The Morgan fingerprint density at radius 1 is 1.15 bits per heavy atom.